The molecule has 5 rings (SSSR count). The molecule has 0 atom stereocenters. The van der Waals surface area contributed by atoms with E-state index in [1.165, 1.54) is 0 Å². The maximum atomic E-state index is 12.4. The summed E-state index contributed by atoms with van der Waals surface area (Å²) in [6.07, 6.45) is 1.62. The normalized spacial score (nSPS) is 16.3. The van der Waals surface area contributed by atoms with E-state index >= 15 is 0 Å². The van der Waals surface area contributed by atoms with Gasteiger partial charge in [0.2, 0.25) is 12.7 Å². The van der Waals surface area contributed by atoms with Gasteiger partial charge in [0.25, 0.3) is 0 Å². The first-order valence-electron chi connectivity index (χ1n) is 8.74. The number of hydrogen-bond acceptors (Lipinski definition) is 7. The first-order valence-corrected chi connectivity index (χ1v) is 9.12. The zero-order valence-corrected chi connectivity index (χ0v) is 15.9. The maximum absolute atomic E-state index is 12.4. The lowest BCUT2D eigenvalue weighted by molar-refractivity contribution is -0.129. The number of carbonyl (C=O) groups is 1. The summed E-state index contributed by atoms with van der Waals surface area (Å²) in [5.41, 5.74) is 2.50. The molecule has 2 aromatic carbocycles. The van der Waals surface area contributed by atoms with Crippen molar-refractivity contribution < 1.29 is 23.5 Å². The molecule has 3 aromatic rings. The third kappa shape index (κ3) is 3.05. The zero-order chi connectivity index (χ0) is 20.0. The van der Waals surface area contributed by atoms with E-state index in [-0.39, 0.29) is 18.4 Å². The van der Waals surface area contributed by atoms with Crippen molar-refractivity contribution in [1.82, 2.24) is 5.16 Å². The molecular formula is C21H13ClN2O5. The number of aliphatic imine (C=N–C) groups is 1. The molecule has 7 nitrogen and oxygen atoms in total. The van der Waals surface area contributed by atoms with Gasteiger partial charge in [0.15, 0.2) is 17.2 Å². The molecule has 0 bridgehead atoms. The Balaban J connectivity index is 1.55. The number of halogens is 1. The highest BCUT2D eigenvalue weighted by Gasteiger charge is 2.31. The summed E-state index contributed by atoms with van der Waals surface area (Å²) in [5, 5.41) is 4.59. The van der Waals surface area contributed by atoms with E-state index in [0.29, 0.717) is 39.1 Å². The second-order valence-electron chi connectivity index (χ2n) is 6.39. The van der Waals surface area contributed by atoms with Gasteiger partial charge >= 0.3 is 5.97 Å². The Morgan fingerprint density at radius 1 is 1.10 bits per heavy atom. The van der Waals surface area contributed by atoms with Crippen molar-refractivity contribution in [2.24, 2.45) is 4.99 Å². The number of nitrogens with zero attached hydrogens (tertiary/aromatic N) is 2. The van der Waals surface area contributed by atoms with Crippen LogP contribution in [0.2, 0.25) is 5.02 Å². The van der Waals surface area contributed by atoms with E-state index in [9.17, 15) is 4.79 Å². The van der Waals surface area contributed by atoms with Gasteiger partial charge < -0.3 is 18.7 Å². The molecule has 29 heavy (non-hydrogen) atoms. The molecule has 0 spiro atoms. The average molecular weight is 409 g/mol. The first-order chi connectivity index (χ1) is 14.1. The number of rotatable bonds is 3. The molecule has 3 heterocycles. The molecule has 2 aliphatic heterocycles. The van der Waals surface area contributed by atoms with Crippen molar-refractivity contribution in [2.45, 2.75) is 6.92 Å². The summed E-state index contributed by atoms with van der Waals surface area (Å²) in [6.45, 7) is 1.90. The summed E-state index contributed by atoms with van der Waals surface area (Å²) in [7, 11) is 0. The van der Waals surface area contributed by atoms with E-state index in [2.05, 4.69) is 10.1 Å². The lowest BCUT2D eigenvalue weighted by Gasteiger charge is -2.03. The highest BCUT2D eigenvalue weighted by atomic mass is 35.5. The lowest BCUT2D eigenvalue weighted by atomic mass is 10.1. The second-order valence-corrected chi connectivity index (χ2v) is 6.80. The van der Waals surface area contributed by atoms with Gasteiger partial charge in [-0.1, -0.05) is 41.0 Å². The molecule has 0 saturated heterocycles. The fourth-order valence-corrected chi connectivity index (χ4v) is 3.36. The predicted molar refractivity (Wildman–Crippen MR) is 105 cm³/mol. The molecule has 1 aromatic heterocycles. The topological polar surface area (TPSA) is 83.2 Å². The van der Waals surface area contributed by atoms with Gasteiger partial charge in [-0.15, -0.1) is 0 Å². The molecule has 0 fully saturated rings. The monoisotopic (exact) mass is 408 g/mol. The van der Waals surface area contributed by atoms with Crippen molar-refractivity contribution in [3.8, 4) is 22.8 Å². The summed E-state index contributed by atoms with van der Waals surface area (Å²) in [5.74, 6) is 1.30. The SMILES string of the molecule is Cc1onc(-c2ccccc2Cl)c1C1=N/C(=C/c2ccc3c(c2)OCO3)C(=O)O1. The van der Waals surface area contributed by atoms with Crippen LogP contribution >= 0.6 is 11.6 Å². The largest absolute Gasteiger partial charge is 0.454 e. The van der Waals surface area contributed by atoms with Crippen LogP contribution in [0.1, 0.15) is 16.9 Å². The van der Waals surface area contributed by atoms with Gasteiger partial charge in [0.05, 0.1) is 5.02 Å². The maximum Gasteiger partial charge on any atom is 0.363 e. The van der Waals surface area contributed by atoms with Crippen molar-refractivity contribution in [3.63, 3.8) is 0 Å². The van der Waals surface area contributed by atoms with Crippen molar-refractivity contribution in [2.75, 3.05) is 6.79 Å². The highest BCUT2D eigenvalue weighted by molar-refractivity contribution is 6.33. The number of carbonyl (C=O) groups excluding carboxylic acids is 1. The number of cyclic esters (lactones) is 1. The minimum atomic E-state index is -0.566. The third-order valence-electron chi connectivity index (χ3n) is 4.53. The van der Waals surface area contributed by atoms with Gasteiger partial charge in [-0.25, -0.2) is 9.79 Å². The van der Waals surface area contributed by atoms with Gasteiger partial charge in [-0.05, 0) is 36.8 Å². The molecule has 0 aliphatic carbocycles. The first kappa shape index (κ1) is 17.5. The van der Waals surface area contributed by atoms with E-state index in [4.69, 9.17) is 30.3 Å². The Bertz CT molecular complexity index is 1210. The predicted octanol–water partition coefficient (Wildman–Crippen LogP) is 4.38. The van der Waals surface area contributed by atoms with Crippen LogP contribution in [0.5, 0.6) is 11.5 Å². The highest BCUT2D eigenvalue weighted by Crippen LogP contribution is 2.35. The molecule has 0 N–H and O–H groups in total. The van der Waals surface area contributed by atoms with Crippen molar-refractivity contribution >= 4 is 29.5 Å². The molecule has 0 amide bonds. The Hall–Kier alpha value is -3.58. The van der Waals surface area contributed by atoms with Crippen molar-refractivity contribution in [3.05, 3.63) is 70.1 Å². The Morgan fingerprint density at radius 2 is 1.93 bits per heavy atom. The van der Waals surface area contributed by atoms with Crippen LogP contribution in [0.4, 0.5) is 0 Å². The van der Waals surface area contributed by atoms with Gasteiger partial charge in [-0.2, -0.15) is 0 Å². The van der Waals surface area contributed by atoms with Crippen LogP contribution in [0.3, 0.4) is 0 Å². The number of ether oxygens (including phenoxy) is 3. The van der Waals surface area contributed by atoms with Crippen LogP contribution in [0, 0.1) is 6.92 Å². The number of aryl methyl sites for hydroxylation is 1. The van der Waals surface area contributed by atoms with E-state index in [1.54, 1.807) is 37.3 Å². The van der Waals surface area contributed by atoms with Crippen LogP contribution < -0.4 is 9.47 Å². The van der Waals surface area contributed by atoms with Crippen LogP contribution in [0.15, 0.2) is 57.7 Å². The number of fused-ring (bicyclic) bond motifs is 1. The standard InChI is InChI=1S/C21H13ClN2O5/c1-11-18(19(24-29-11)13-4-2-3-5-14(13)22)20-23-15(21(25)28-20)8-12-6-7-16-17(9-12)27-10-26-16/h2-9H,10H2,1H3/b15-8+. The summed E-state index contributed by atoms with van der Waals surface area (Å²) < 4.78 is 21.4. The van der Waals surface area contributed by atoms with E-state index in [0.717, 1.165) is 5.56 Å². The van der Waals surface area contributed by atoms with E-state index < -0.39 is 5.97 Å². The minimum absolute atomic E-state index is 0.121. The molecule has 8 heteroatoms. The zero-order valence-electron chi connectivity index (χ0n) is 15.1. The average Bonchev–Trinajstić information content (AvgIpc) is 3.41. The summed E-state index contributed by atoms with van der Waals surface area (Å²) in [6, 6.07) is 12.6. The molecule has 144 valence electrons. The molecular weight excluding hydrogens is 396 g/mol. The Kier molecular flexibility index (Phi) is 4.10. The van der Waals surface area contributed by atoms with Crippen LogP contribution in [-0.2, 0) is 9.53 Å². The Morgan fingerprint density at radius 3 is 2.79 bits per heavy atom. The fraction of sp³-hybridized carbons (Fsp3) is 0.0952. The molecule has 0 radical (unpaired) electrons. The van der Waals surface area contributed by atoms with Gasteiger partial charge in [-0.3, -0.25) is 0 Å². The van der Waals surface area contributed by atoms with E-state index in [1.807, 2.05) is 18.2 Å². The second kappa shape index (κ2) is 6.79. The summed E-state index contributed by atoms with van der Waals surface area (Å²) >= 11 is 6.30. The van der Waals surface area contributed by atoms with Crippen molar-refractivity contribution in [1.29, 1.82) is 0 Å². The van der Waals surface area contributed by atoms with Gasteiger partial charge in [0, 0.05) is 5.56 Å². The van der Waals surface area contributed by atoms with Crippen LogP contribution in [0.25, 0.3) is 17.3 Å². The lowest BCUT2D eigenvalue weighted by Crippen LogP contribution is -2.07. The quantitative estimate of drug-likeness (QED) is 0.472. The number of hydrogen-bond donors (Lipinski definition) is 0. The third-order valence-corrected chi connectivity index (χ3v) is 4.86. The smallest absolute Gasteiger partial charge is 0.363 e. The fourth-order valence-electron chi connectivity index (χ4n) is 3.14. The van der Waals surface area contributed by atoms with Gasteiger partial charge in [0.1, 0.15) is 17.0 Å². The number of esters is 1. The molecule has 0 saturated carbocycles. The number of aromatic nitrogens is 1. The Labute approximate surface area is 170 Å². The minimum Gasteiger partial charge on any atom is -0.454 e. The van der Waals surface area contributed by atoms with Crippen LogP contribution in [-0.4, -0.2) is 23.8 Å². The molecule has 0 unspecified atom stereocenters. The number of benzene rings is 2. The molecule has 2 aliphatic rings. The summed E-state index contributed by atoms with van der Waals surface area (Å²) in [4.78, 5) is 16.8.